The van der Waals surface area contributed by atoms with E-state index in [9.17, 15) is 4.79 Å². The summed E-state index contributed by atoms with van der Waals surface area (Å²) < 4.78 is 5.29. The van der Waals surface area contributed by atoms with E-state index in [0.717, 1.165) is 32.4 Å². The van der Waals surface area contributed by atoms with Crippen LogP contribution in [-0.2, 0) is 16.0 Å². The molecule has 2 fully saturated rings. The fourth-order valence-corrected chi connectivity index (χ4v) is 2.76. The quantitative estimate of drug-likeness (QED) is 0.740. The van der Waals surface area contributed by atoms with E-state index in [-0.39, 0.29) is 18.1 Å². The number of ether oxygens (including phenoxy) is 1. The number of carbonyl (C=O) groups is 1. The van der Waals surface area contributed by atoms with Crippen molar-refractivity contribution in [3.63, 3.8) is 0 Å². The molecular formula is C14H17NO2. The van der Waals surface area contributed by atoms with Gasteiger partial charge in [0, 0.05) is 19.5 Å². The lowest BCUT2D eigenvalue weighted by atomic mass is 10.0. The molecule has 1 aromatic rings. The Labute approximate surface area is 101 Å². The van der Waals surface area contributed by atoms with Gasteiger partial charge in [0.1, 0.15) is 12.1 Å². The summed E-state index contributed by atoms with van der Waals surface area (Å²) in [6, 6.07) is 10.5. The second-order valence-corrected chi connectivity index (χ2v) is 4.87. The molecule has 0 unspecified atom stereocenters. The summed E-state index contributed by atoms with van der Waals surface area (Å²) in [5.41, 5.74) is 1.33. The third kappa shape index (κ3) is 2.20. The van der Waals surface area contributed by atoms with E-state index >= 15 is 0 Å². The molecule has 2 atom stereocenters. The molecule has 3 rings (SSSR count). The number of fused-ring (bicyclic) bond motifs is 2. The van der Waals surface area contributed by atoms with E-state index in [2.05, 4.69) is 29.2 Å². The van der Waals surface area contributed by atoms with Gasteiger partial charge in [0.2, 0.25) is 0 Å². The predicted octanol–water partition coefficient (Wildman–Crippen LogP) is 1.62. The first-order valence-electron chi connectivity index (χ1n) is 6.31. The molecule has 90 valence electrons. The third-order valence-corrected chi connectivity index (χ3v) is 3.75. The molecule has 17 heavy (non-hydrogen) atoms. The van der Waals surface area contributed by atoms with Crippen LogP contribution in [0.1, 0.15) is 18.4 Å². The number of hydrogen-bond acceptors (Lipinski definition) is 3. The number of nitrogens with zero attached hydrogens (tertiary/aromatic N) is 1. The van der Waals surface area contributed by atoms with Crippen molar-refractivity contribution in [2.45, 2.75) is 31.4 Å². The first kappa shape index (κ1) is 10.8. The molecule has 0 spiro atoms. The molecular weight excluding hydrogens is 214 g/mol. The monoisotopic (exact) mass is 231 g/mol. The Morgan fingerprint density at radius 3 is 2.94 bits per heavy atom. The molecule has 3 heteroatoms. The fourth-order valence-electron chi connectivity index (χ4n) is 2.76. The molecule has 0 aromatic heterocycles. The van der Waals surface area contributed by atoms with E-state index in [4.69, 9.17) is 4.74 Å². The van der Waals surface area contributed by atoms with E-state index in [1.807, 2.05) is 6.07 Å². The second-order valence-electron chi connectivity index (χ2n) is 4.87. The number of likely N-dealkylation sites (tertiary alicyclic amines) is 1. The Bertz CT molecular complexity index is 404. The van der Waals surface area contributed by atoms with Crippen molar-refractivity contribution < 1.29 is 9.53 Å². The van der Waals surface area contributed by atoms with Gasteiger partial charge >= 0.3 is 5.97 Å². The second kappa shape index (κ2) is 4.49. The standard InChI is InChI=1S/C14H17NO2/c16-14-13-10-12(17-14)7-9-15(13)8-6-11-4-2-1-3-5-11/h1-5,12-13H,6-10H2/t12-,13+/m0/s1. The molecule has 0 saturated carbocycles. The number of benzene rings is 1. The maximum atomic E-state index is 11.6. The van der Waals surface area contributed by atoms with Crippen molar-refractivity contribution in [2.24, 2.45) is 0 Å². The highest BCUT2D eigenvalue weighted by Crippen LogP contribution is 2.28. The van der Waals surface area contributed by atoms with Gasteiger partial charge in [-0.25, -0.2) is 0 Å². The summed E-state index contributed by atoms with van der Waals surface area (Å²) in [7, 11) is 0. The zero-order valence-electron chi connectivity index (χ0n) is 9.84. The Morgan fingerprint density at radius 1 is 1.29 bits per heavy atom. The molecule has 1 aromatic carbocycles. The van der Waals surface area contributed by atoms with Gasteiger partial charge in [-0.2, -0.15) is 0 Å². The number of esters is 1. The molecule has 0 amide bonds. The van der Waals surface area contributed by atoms with Crippen LogP contribution in [0.5, 0.6) is 0 Å². The van der Waals surface area contributed by atoms with Crippen LogP contribution in [0.25, 0.3) is 0 Å². The van der Waals surface area contributed by atoms with Gasteiger partial charge in [-0.05, 0) is 18.4 Å². The molecule has 2 saturated heterocycles. The average molecular weight is 231 g/mol. The van der Waals surface area contributed by atoms with Crippen LogP contribution >= 0.6 is 0 Å². The first-order chi connectivity index (χ1) is 8.33. The van der Waals surface area contributed by atoms with Gasteiger partial charge in [0.25, 0.3) is 0 Å². The lowest BCUT2D eigenvalue weighted by Gasteiger charge is -2.29. The number of rotatable bonds is 3. The zero-order valence-corrected chi connectivity index (χ0v) is 9.84. The minimum absolute atomic E-state index is 0.0134. The summed E-state index contributed by atoms with van der Waals surface area (Å²) in [5.74, 6) is -0.0134. The Hall–Kier alpha value is -1.35. The summed E-state index contributed by atoms with van der Waals surface area (Å²) in [6.45, 7) is 1.95. The molecule has 0 N–H and O–H groups in total. The van der Waals surface area contributed by atoms with Gasteiger partial charge in [-0.1, -0.05) is 30.3 Å². The van der Waals surface area contributed by atoms with E-state index in [1.165, 1.54) is 5.56 Å². The van der Waals surface area contributed by atoms with Crippen LogP contribution < -0.4 is 0 Å². The van der Waals surface area contributed by atoms with Crippen molar-refractivity contribution in [1.82, 2.24) is 4.90 Å². The number of hydrogen-bond donors (Lipinski definition) is 0. The topological polar surface area (TPSA) is 29.5 Å². The molecule has 2 bridgehead atoms. The van der Waals surface area contributed by atoms with Crippen LogP contribution in [0.4, 0.5) is 0 Å². The van der Waals surface area contributed by atoms with Crippen LogP contribution in [0.15, 0.2) is 30.3 Å². The Balaban J connectivity index is 1.60. The highest BCUT2D eigenvalue weighted by atomic mass is 16.6. The molecule has 3 nitrogen and oxygen atoms in total. The summed E-state index contributed by atoms with van der Waals surface area (Å²) in [5, 5.41) is 0. The third-order valence-electron chi connectivity index (χ3n) is 3.75. The number of piperidine rings is 1. The summed E-state index contributed by atoms with van der Waals surface area (Å²) in [4.78, 5) is 13.9. The van der Waals surface area contributed by atoms with Crippen molar-refractivity contribution in [3.8, 4) is 0 Å². The van der Waals surface area contributed by atoms with Crippen molar-refractivity contribution in [3.05, 3.63) is 35.9 Å². The highest BCUT2D eigenvalue weighted by molar-refractivity contribution is 5.78. The average Bonchev–Trinajstić information content (AvgIpc) is 2.66. The fraction of sp³-hybridized carbons (Fsp3) is 0.500. The molecule has 2 heterocycles. The van der Waals surface area contributed by atoms with Gasteiger partial charge < -0.3 is 4.74 Å². The van der Waals surface area contributed by atoms with Crippen molar-refractivity contribution in [1.29, 1.82) is 0 Å². The summed E-state index contributed by atoms with van der Waals surface area (Å²) >= 11 is 0. The Kier molecular flexibility index (Phi) is 2.85. The SMILES string of the molecule is O=C1O[C@H]2CCN(CCc3ccccc3)[C@@H]1C2. The Morgan fingerprint density at radius 2 is 2.12 bits per heavy atom. The molecule has 2 aliphatic rings. The smallest absolute Gasteiger partial charge is 0.323 e. The van der Waals surface area contributed by atoms with Crippen molar-refractivity contribution in [2.75, 3.05) is 13.1 Å². The molecule has 0 aliphatic carbocycles. The van der Waals surface area contributed by atoms with Gasteiger partial charge in [-0.3, -0.25) is 9.69 Å². The lowest BCUT2D eigenvalue weighted by Crippen LogP contribution is -2.43. The van der Waals surface area contributed by atoms with Crippen LogP contribution in [0, 0.1) is 0 Å². The van der Waals surface area contributed by atoms with Crippen LogP contribution in [0.3, 0.4) is 0 Å². The number of carbonyl (C=O) groups excluding carboxylic acids is 1. The molecule has 2 aliphatic heterocycles. The van der Waals surface area contributed by atoms with E-state index in [1.54, 1.807) is 0 Å². The van der Waals surface area contributed by atoms with Crippen molar-refractivity contribution >= 4 is 5.97 Å². The normalized spacial score (nSPS) is 28.1. The van der Waals surface area contributed by atoms with Crippen LogP contribution in [-0.4, -0.2) is 36.1 Å². The highest BCUT2D eigenvalue weighted by Gasteiger charge is 2.42. The first-order valence-corrected chi connectivity index (χ1v) is 6.31. The van der Waals surface area contributed by atoms with Crippen LogP contribution in [0.2, 0.25) is 0 Å². The van der Waals surface area contributed by atoms with Gasteiger partial charge in [0.05, 0.1) is 0 Å². The maximum absolute atomic E-state index is 11.6. The van der Waals surface area contributed by atoms with E-state index < -0.39 is 0 Å². The van der Waals surface area contributed by atoms with Gasteiger partial charge in [-0.15, -0.1) is 0 Å². The molecule has 0 radical (unpaired) electrons. The zero-order chi connectivity index (χ0) is 11.7. The maximum Gasteiger partial charge on any atom is 0.323 e. The summed E-state index contributed by atoms with van der Waals surface area (Å²) in [6.07, 6.45) is 3.10. The van der Waals surface area contributed by atoms with Gasteiger partial charge in [0.15, 0.2) is 0 Å². The van der Waals surface area contributed by atoms with E-state index in [0.29, 0.717) is 0 Å². The largest absolute Gasteiger partial charge is 0.461 e. The lowest BCUT2D eigenvalue weighted by molar-refractivity contribution is -0.143. The predicted molar refractivity (Wildman–Crippen MR) is 64.6 cm³/mol. The minimum Gasteiger partial charge on any atom is -0.461 e. The minimum atomic E-state index is -0.0134.